The van der Waals surface area contributed by atoms with Crippen LogP contribution in [-0.2, 0) is 19.0 Å². The molecule has 0 aromatic carbocycles. The molecule has 0 unspecified atom stereocenters. The smallest absolute Gasteiger partial charge is 0.306 e. The van der Waals surface area contributed by atoms with Gasteiger partial charge >= 0.3 is 5.97 Å². The first-order valence-electron chi connectivity index (χ1n) is 10.6. The largest absolute Gasteiger partial charge is 0.465 e. The second-order valence-corrected chi connectivity index (χ2v) is 9.14. The first kappa shape index (κ1) is 26.1. The molecule has 0 radical (unpaired) electrons. The zero-order valence-corrected chi connectivity index (χ0v) is 18.3. The Bertz CT molecular complexity index is 619. The number of hydrogen-bond acceptors (Lipinski definition) is 10. The van der Waals surface area contributed by atoms with Gasteiger partial charge < -0.3 is 44.8 Å². The Kier molecular flexibility index (Phi) is 9.00. The van der Waals surface area contributed by atoms with Gasteiger partial charge in [-0.25, -0.2) is 0 Å². The van der Waals surface area contributed by atoms with Crippen molar-refractivity contribution in [1.29, 1.82) is 0 Å². The Morgan fingerprint density at radius 1 is 1.19 bits per heavy atom. The average Bonchev–Trinajstić information content (AvgIpc) is 2.92. The van der Waals surface area contributed by atoms with Crippen molar-refractivity contribution in [3.63, 3.8) is 0 Å². The van der Waals surface area contributed by atoms with Gasteiger partial charge in [0.25, 0.3) is 0 Å². The minimum absolute atomic E-state index is 0.0979. The minimum atomic E-state index is -1.56. The molecule has 9 atom stereocenters. The summed E-state index contributed by atoms with van der Waals surface area (Å²) >= 11 is 0. The zero-order chi connectivity index (χ0) is 23.5. The molecule has 1 aliphatic heterocycles. The standard InChI is InChI=1S/C21H36O10/c1-10(2)5-16(24)29-9-13-12(6-15(23)21(13,4)28)11(3)8-30-20-19(27)18(26)17(25)14(7-22)31-20/h10,12-15,17-20,22-23,25-28H,3,5-9H2,1-2,4H3/t12-,13+,14-,15+,17-,18+,19-,20-,21+/m1/s1. The summed E-state index contributed by atoms with van der Waals surface area (Å²) in [6.07, 6.45) is -7.66. The van der Waals surface area contributed by atoms with Crippen molar-refractivity contribution in [2.45, 2.75) is 76.0 Å². The molecule has 1 heterocycles. The van der Waals surface area contributed by atoms with Crippen LogP contribution in [0.5, 0.6) is 0 Å². The maximum absolute atomic E-state index is 11.9. The molecule has 0 amide bonds. The molecule has 0 bridgehead atoms. The number of esters is 1. The van der Waals surface area contributed by atoms with Gasteiger partial charge in [-0.15, -0.1) is 0 Å². The van der Waals surface area contributed by atoms with E-state index in [1.165, 1.54) is 6.92 Å². The molecule has 2 rings (SSSR count). The molecular weight excluding hydrogens is 412 g/mol. The summed E-state index contributed by atoms with van der Waals surface area (Å²) in [5.41, 5.74) is -1.03. The molecule has 1 saturated heterocycles. The highest BCUT2D eigenvalue weighted by molar-refractivity contribution is 5.69. The van der Waals surface area contributed by atoms with E-state index in [0.717, 1.165) is 0 Å². The lowest BCUT2D eigenvalue weighted by molar-refractivity contribution is -0.299. The van der Waals surface area contributed by atoms with Gasteiger partial charge in [-0.1, -0.05) is 20.4 Å². The van der Waals surface area contributed by atoms with Crippen molar-refractivity contribution in [2.24, 2.45) is 17.8 Å². The van der Waals surface area contributed by atoms with Crippen LogP contribution in [0.1, 0.15) is 33.6 Å². The fourth-order valence-electron chi connectivity index (χ4n) is 4.11. The predicted octanol–water partition coefficient (Wildman–Crippen LogP) is -1.30. The van der Waals surface area contributed by atoms with Crippen LogP contribution in [0.25, 0.3) is 0 Å². The molecule has 0 spiro atoms. The Morgan fingerprint density at radius 3 is 2.42 bits per heavy atom. The fraction of sp³-hybridized carbons (Fsp3) is 0.857. The van der Waals surface area contributed by atoms with Crippen molar-refractivity contribution in [3.05, 3.63) is 12.2 Å². The third-order valence-electron chi connectivity index (χ3n) is 6.19. The van der Waals surface area contributed by atoms with Crippen LogP contribution in [0, 0.1) is 17.8 Å². The van der Waals surface area contributed by atoms with Crippen molar-refractivity contribution >= 4 is 5.97 Å². The van der Waals surface area contributed by atoms with Crippen molar-refractivity contribution in [3.8, 4) is 0 Å². The Hall–Kier alpha value is -1.11. The number of aliphatic hydroxyl groups is 6. The van der Waals surface area contributed by atoms with E-state index in [1.54, 1.807) is 0 Å². The lowest BCUT2D eigenvalue weighted by Gasteiger charge is -2.40. The molecule has 0 aromatic heterocycles. The SMILES string of the molecule is C=C(CO[C@@H]1O[C@H](CO)[C@@H](O)[C@H](O)[C@H]1O)[C@H]1C[C@H](O)[C@@](C)(O)[C@H]1COC(=O)CC(C)C. The van der Waals surface area contributed by atoms with Gasteiger partial charge in [0, 0.05) is 12.3 Å². The van der Waals surface area contributed by atoms with Gasteiger partial charge in [0.05, 0.1) is 31.5 Å². The molecule has 2 fully saturated rings. The van der Waals surface area contributed by atoms with Crippen LogP contribution in [0.4, 0.5) is 0 Å². The van der Waals surface area contributed by atoms with Crippen LogP contribution < -0.4 is 0 Å². The first-order valence-corrected chi connectivity index (χ1v) is 10.6. The monoisotopic (exact) mass is 448 g/mol. The van der Waals surface area contributed by atoms with Crippen molar-refractivity contribution in [1.82, 2.24) is 0 Å². The summed E-state index contributed by atoms with van der Waals surface area (Å²) in [4.78, 5) is 11.9. The fourth-order valence-corrected chi connectivity index (χ4v) is 4.11. The molecular formula is C21H36O10. The molecule has 31 heavy (non-hydrogen) atoms. The van der Waals surface area contributed by atoms with Crippen LogP contribution in [-0.4, -0.2) is 98.8 Å². The van der Waals surface area contributed by atoms with E-state index < -0.39 is 66.8 Å². The highest BCUT2D eigenvalue weighted by atomic mass is 16.7. The molecule has 1 aliphatic carbocycles. The van der Waals surface area contributed by atoms with E-state index in [-0.39, 0.29) is 32.0 Å². The van der Waals surface area contributed by atoms with Crippen LogP contribution in [0.15, 0.2) is 12.2 Å². The molecule has 2 aliphatic rings. The zero-order valence-electron chi connectivity index (χ0n) is 18.3. The van der Waals surface area contributed by atoms with Gasteiger partial charge in [0.1, 0.15) is 24.4 Å². The normalized spacial score (nSPS) is 40.8. The first-order chi connectivity index (χ1) is 14.4. The van der Waals surface area contributed by atoms with E-state index in [2.05, 4.69) is 6.58 Å². The van der Waals surface area contributed by atoms with Crippen LogP contribution in [0.2, 0.25) is 0 Å². The quantitative estimate of drug-likeness (QED) is 0.184. The Morgan fingerprint density at radius 2 is 1.84 bits per heavy atom. The second-order valence-electron chi connectivity index (χ2n) is 9.14. The predicted molar refractivity (Wildman–Crippen MR) is 108 cm³/mol. The molecule has 180 valence electrons. The third-order valence-corrected chi connectivity index (χ3v) is 6.19. The molecule has 6 N–H and O–H groups in total. The number of carbonyl (C=O) groups is 1. The van der Waals surface area contributed by atoms with Crippen molar-refractivity contribution < 1.29 is 49.6 Å². The van der Waals surface area contributed by atoms with E-state index in [1.807, 2.05) is 13.8 Å². The van der Waals surface area contributed by atoms with E-state index in [0.29, 0.717) is 5.57 Å². The lowest BCUT2D eigenvalue weighted by atomic mass is 9.84. The van der Waals surface area contributed by atoms with Crippen LogP contribution in [0.3, 0.4) is 0 Å². The van der Waals surface area contributed by atoms with Gasteiger partial charge in [-0.05, 0) is 30.8 Å². The topological polar surface area (TPSA) is 166 Å². The van der Waals surface area contributed by atoms with Gasteiger partial charge in [0.15, 0.2) is 6.29 Å². The summed E-state index contributed by atoms with van der Waals surface area (Å²) in [5.74, 6) is -1.33. The highest BCUT2D eigenvalue weighted by Crippen LogP contribution is 2.44. The maximum atomic E-state index is 11.9. The average molecular weight is 449 g/mol. The van der Waals surface area contributed by atoms with Gasteiger partial charge in [-0.2, -0.15) is 0 Å². The number of hydrogen-bond donors (Lipinski definition) is 6. The molecule has 0 aromatic rings. The van der Waals surface area contributed by atoms with Crippen molar-refractivity contribution in [2.75, 3.05) is 19.8 Å². The number of ether oxygens (including phenoxy) is 3. The molecule has 10 heteroatoms. The van der Waals surface area contributed by atoms with Gasteiger partial charge in [0.2, 0.25) is 0 Å². The van der Waals surface area contributed by atoms with E-state index in [4.69, 9.17) is 14.2 Å². The molecule has 10 nitrogen and oxygen atoms in total. The summed E-state index contributed by atoms with van der Waals surface area (Å²) in [7, 11) is 0. The summed E-state index contributed by atoms with van der Waals surface area (Å²) in [5, 5.41) is 60.1. The minimum Gasteiger partial charge on any atom is -0.465 e. The number of rotatable bonds is 9. The highest BCUT2D eigenvalue weighted by Gasteiger charge is 2.52. The van der Waals surface area contributed by atoms with E-state index in [9.17, 15) is 35.4 Å². The maximum Gasteiger partial charge on any atom is 0.306 e. The van der Waals surface area contributed by atoms with E-state index >= 15 is 0 Å². The Balaban J connectivity index is 2.00. The number of aliphatic hydroxyl groups excluding tert-OH is 5. The van der Waals surface area contributed by atoms with Crippen LogP contribution >= 0.6 is 0 Å². The number of carbonyl (C=O) groups excluding carboxylic acids is 1. The summed E-state index contributed by atoms with van der Waals surface area (Å²) < 4.78 is 16.2. The lowest BCUT2D eigenvalue weighted by Crippen LogP contribution is -2.59. The summed E-state index contributed by atoms with van der Waals surface area (Å²) in [6.45, 7) is 8.39. The second kappa shape index (κ2) is 10.7. The third kappa shape index (κ3) is 6.02. The Labute approximate surface area is 182 Å². The molecule has 1 saturated carbocycles. The summed E-state index contributed by atoms with van der Waals surface area (Å²) in [6, 6.07) is 0. The van der Waals surface area contributed by atoms with Gasteiger partial charge in [-0.3, -0.25) is 4.79 Å².